The highest BCUT2D eigenvalue weighted by molar-refractivity contribution is 9.10. The third-order valence-corrected chi connectivity index (χ3v) is 2.32. The first-order valence-corrected chi connectivity index (χ1v) is 5.26. The van der Waals surface area contributed by atoms with Gasteiger partial charge in [0.15, 0.2) is 0 Å². The van der Waals surface area contributed by atoms with E-state index in [0.717, 1.165) is 22.2 Å². The molecule has 5 heteroatoms. The molecule has 0 unspecified atom stereocenters. The molecule has 0 atom stereocenters. The van der Waals surface area contributed by atoms with Crippen LogP contribution in [-0.2, 0) is 9.59 Å². The van der Waals surface area contributed by atoms with E-state index in [1.165, 1.54) is 0 Å². The molecule has 0 radical (unpaired) electrons. The molecule has 0 saturated heterocycles. The van der Waals surface area contributed by atoms with Crippen molar-refractivity contribution in [2.45, 2.75) is 6.92 Å². The molecule has 0 aliphatic carbocycles. The highest BCUT2D eigenvalue weighted by atomic mass is 79.9. The molecule has 4 nitrogen and oxygen atoms in total. The number of carboxylic acid groups (broad SMARTS) is 1. The lowest BCUT2D eigenvalue weighted by molar-refractivity contribution is -0.131. The molecule has 84 valence electrons. The standard InChI is InChI=1S/C11H10BrNO3/c1-7-6-8(12)2-3-9(7)13-10(14)4-5-11(15)16/h2-6H,1H3,(H,13,14)(H,15,16). The topological polar surface area (TPSA) is 66.4 Å². The van der Waals surface area contributed by atoms with Gasteiger partial charge in [-0.25, -0.2) is 4.79 Å². The molecule has 16 heavy (non-hydrogen) atoms. The Bertz CT molecular complexity index is 455. The van der Waals surface area contributed by atoms with Crippen molar-refractivity contribution >= 4 is 33.5 Å². The Balaban J connectivity index is 2.73. The summed E-state index contributed by atoms with van der Waals surface area (Å²) in [6.07, 6.45) is 1.77. The molecule has 0 bridgehead atoms. The van der Waals surface area contributed by atoms with Gasteiger partial charge in [-0.05, 0) is 30.7 Å². The zero-order valence-corrected chi connectivity index (χ0v) is 10.1. The van der Waals surface area contributed by atoms with Gasteiger partial charge < -0.3 is 10.4 Å². The lowest BCUT2D eigenvalue weighted by Crippen LogP contribution is -2.09. The van der Waals surface area contributed by atoms with Crippen molar-refractivity contribution in [1.29, 1.82) is 0 Å². The van der Waals surface area contributed by atoms with E-state index >= 15 is 0 Å². The van der Waals surface area contributed by atoms with Crippen molar-refractivity contribution in [2.75, 3.05) is 5.32 Å². The number of aliphatic carboxylic acids is 1. The van der Waals surface area contributed by atoms with E-state index in [-0.39, 0.29) is 0 Å². The normalized spacial score (nSPS) is 10.4. The van der Waals surface area contributed by atoms with Gasteiger partial charge >= 0.3 is 5.97 Å². The number of amides is 1. The van der Waals surface area contributed by atoms with E-state index in [2.05, 4.69) is 21.2 Å². The number of carboxylic acids is 1. The average Bonchev–Trinajstić information content (AvgIpc) is 2.19. The highest BCUT2D eigenvalue weighted by Gasteiger charge is 2.02. The van der Waals surface area contributed by atoms with Gasteiger partial charge in [0, 0.05) is 22.3 Å². The van der Waals surface area contributed by atoms with E-state index < -0.39 is 11.9 Å². The smallest absolute Gasteiger partial charge is 0.328 e. The maximum atomic E-state index is 11.3. The van der Waals surface area contributed by atoms with Crippen LogP contribution >= 0.6 is 15.9 Å². The van der Waals surface area contributed by atoms with E-state index in [0.29, 0.717) is 5.69 Å². The third kappa shape index (κ3) is 3.86. The van der Waals surface area contributed by atoms with Crippen LogP contribution in [0, 0.1) is 6.92 Å². The van der Waals surface area contributed by atoms with Gasteiger partial charge in [-0.2, -0.15) is 0 Å². The molecule has 0 heterocycles. The first-order valence-electron chi connectivity index (χ1n) is 4.47. The monoisotopic (exact) mass is 283 g/mol. The summed E-state index contributed by atoms with van der Waals surface area (Å²) in [5.74, 6) is -1.62. The number of hydrogen-bond acceptors (Lipinski definition) is 2. The number of aryl methyl sites for hydroxylation is 1. The van der Waals surface area contributed by atoms with Gasteiger partial charge in [-0.15, -0.1) is 0 Å². The number of carbonyl (C=O) groups is 2. The van der Waals surface area contributed by atoms with Crippen LogP contribution in [0.2, 0.25) is 0 Å². The van der Waals surface area contributed by atoms with Gasteiger partial charge in [0.25, 0.3) is 0 Å². The van der Waals surface area contributed by atoms with Crippen LogP contribution in [-0.4, -0.2) is 17.0 Å². The number of benzene rings is 1. The number of rotatable bonds is 3. The van der Waals surface area contributed by atoms with Gasteiger partial charge in [0.1, 0.15) is 0 Å². The lowest BCUT2D eigenvalue weighted by atomic mass is 10.2. The summed E-state index contributed by atoms with van der Waals surface area (Å²) in [6.45, 7) is 1.85. The Labute approximate surface area is 101 Å². The first-order chi connectivity index (χ1) is 7.49. The SMILES string of the molecule is Cc1cc(Br)ccc1NC(=O)C=CC(=O)O. The van der Waals surface area contributed by atoms with E-state index in [4.69, 9.17) is 5.11 Å². The molecule has 1 amide bonds. The summed E-state index contributed by atoms with van der Waals surface area (Å²) in [5.41, 5.74) is 1.55. The van der Waals surface area contributed by atoms with Crippen LogP contribution in [0.5, 0.6) is 0 Å². The summed E-state index contributed by atoms with van der Waals surface area (Å²) < 4.78 is 0.920. The average molecular weight is 284 g/mol. The zero-order valence-electron chi connectivity index (χ0n) is 8.53. The Hall–Kier alpha value is -1.62. The summed E-state index contributed by atoms with van der Waals surface area (Å²) in [5, 5.41) is 10.9. The number of nitrogens with one attached hydrogen (secondary N) is 1. The Morgan fingerprint density at radius 1 is 1.38 bits per heavy atom. The Morgan fingerprint density at radius 3 is 2.62 bits per heavy atom. The third-order valence-electron chi connectivity index (χ3n) is 1.82. The second-order valence-electron chi connectivity index (χ2n) is 3.12. The Morgan fingerprint density at radius 2 is 2.06 bits per heavy atom. The minimum Gasteiger partial charge on any atom is -0.478 e. The molecule has 0 saturated carbocycles. The van der Waals surface area contributed by atoms with E-state index in [1.807, 2.05) is 13.0 Å². The molecule has 2 N–H and O–H groups in total. The van der Waals surface area contributed by atoms with Crippen molar-refractivity contribution < 1.29 is 14.7 Å². The van der Waals surface area contributed by atoms with Crippen molar-refractivity contribution in [1.82, 2.24) is 0 Å². The highest BCUT2D eigenvalue weighted by Crippen LogP contribution is 2.19. The molecule has 0 spiro atoms. The second-order valence-corrected chi connectivity index (χ2v) is 4.04. The second kappa shape index (κ2) is 5.46. The van der Waals surface area contributed by atoms with Gasteiger partial charge in [0.05, 0.1) is 0 Å². The van der Waals surface area contributed by atoms with Crippen LogP contribution in [0.3, 0.4) is 0 Å². The van der Waals surface area contributed by atoms with Crippen LogP contribution in [0.1, 0.15) is 5.56 Å². The van der Waals surface area contributed by atoms with Crippen molar-refractivity contribution in [2.24, 2.45) is 0 Å². The fourth-order valence-corrected chi connectivity index (χ4v) is 1.56. The first kappa shape index (κ1) is 12.4. The van der Waals surface area contributed by atoms with Gasteiger partial charge in [-0.1, -0.05) is 15.9 Å². The molecule has 1 aromatic carbocycles. The fourth-order valence-electron chi connectivity index (χ4n) is 1.09. The number of halogens is 1. The molecular weight excluding hydrogens is 274 g/mol. The fraction of sp³-hybridized carbons (Fsp3) is 0.0909. The zero-order chi connectivity index (χ0) is 12.1. The number of carbonyl (C=O) groups excluding carboxylic acids is 1. The molecular formula is C11H10BrNO3. The summed E-state index contributed by atoms with van der Waals surface area (Å²) in [7, 11) is 0. The van der Waals surface area contributed by atoms with Gasteiger partial charge in [0.2, 0.25) is 5.91 Å². The summed E-state index contributed by atoms with van der Waals surface area (Å²) in [6, 6.07) is 5.39. The van der Waals surface area contributed by atoms with Crippen LogP contribution in [0.15, 0.2) is 34.8 Å². The molecule has 1 rings (SSSR count). The maximum absolute atomic E-state index is 11.3. The number of hydrogen-bond donors (Lipinski definition) is 2. The lowest BCUT2D eigenvalue weighted by Gasteiger charge is -2.06. The Kier molecular flexibility index (Phi) is 4.25. The molecule has 0 fully saturated rings. The van der Waals surface area contributed by atoms with E-state index in [9.17, 15) is 9.59 Å². The van der Waals surface area contributed by atoms with Gasteiger partial charge in [-0.3, -0.25) is 4.79 Å². The van der Waals surface area contributed by atoms with Crippen molar-refractivity contribution in [3.05, 3.63) is 40.4 Å². The molecule has 1 aromatic rings. The summed E-state index contributed by atoms with van der Waals surface area (Å²) in [4.78, 5) is 21.5. The molecule has 0 aliphatic rings. The largest absolute Gasteiger partial charge is 0.478 e. The van der Waals surface area contributed by atoms with E-state index in [1.54, 1.807) is 12.1 Å². The minimum atomic E-state index is -1.15. The molecule has 0 aromatic heterocycles. The van der Waals surface area contributed by atoms with Crippen LogP contribution in [0.25, 0.3) is 0 Å². The maximum Gasteiger partial charge on any atom is 0.328 e. The summed E-state index contributed by atoms with van der Waals surface area (Å²) >= 11 is 3.31. The van der Waals surface area contributed by atoms with Crippen molar-refractivity contribution in [3.8, 4) is 0 Å². The van der Waals surface area contributed by atoms with Crippen molar-refractivity contribution in [3.63, 3.8) is 0 Å². The minimum absolute atomic E-state index is 0.465. The van der Waals surface area contributed by atoms with Crippen LogP contribution < -0.4 is 5.32 Å². The predicted molar refractivity (Wildman–Crippen MR) is 64.3 cm³/mol. The molecule has 0 aliphatic heterocycles. The predicted octanol–water partition coefficient (Wildman–Crippen LogP) is 2.34. The van der Waals surface area contributed by atoms with Crippen LogP contribution in [0.4, 0.5) is 5.69 Å². The quantitative estimate of drug-likeness (QED) is 0.837. The number of anilines is 1.